The van der Waals surface area contributed by atoms with E-state index in [1.165, 1.54) is 5.56 Å². The molecule has 6 nitrogen and oxygen atoms in total. The zero-order valence-electron chi connectivity index (χ0n) is 15.1. The van der Waals surface area contributed by atoms with Crippen LogP contribution in [0.5, 0.6) is 17.2 Å². The van der Waals surface area contributed by atoms with Gasteiger partial charge < -0.3 is 24.2 Å². The predicted molar refractivity (Wildman–Crippen MR) is 98.8 cm³/mol. The fourth-order valence-electron chi connectivity index (χ4n) is 3.62. The Hall–Kier alpha value is -2.73. The van der Waals surface area contributed by atoms with Gasteiger partial charge in [-0.1, -0.05) is 24.3 Å². The lowest BCUT2D eigenvalue weighted by molar-refractivity contribution is -0.132. The minimum atomic E-state index is -0.000671. The molecule has 1 saturated heterocycles. The molecule has 2 aliphatic rings. The van der Waals surface area contributed by atoms with Gasteiger partial charge in [0.25, 0.3) is 5.91 Å². The second kappa shape index (κ2) is 7.88. The molecule has 0 radical (unpaired) electrons. The van der Waals surface area contributed by atoms with Crippen molar-refractivity contribution in [2.75, 3.05) is 26.5 Å². The molecule has 0 aromatic heterocycles. The van der Waals surface area contributed by atoms with Crippen LogP contribution < -0.4 is 14.2 Å². The minimum absolute atomic E-state index is 0.000671. The molecule has 0 spiro atoms. The van der Waals surface area contributed by atoms with E-state index in [-0.39, 0.29) is 25.9 Å². The Labute approximate surface area is 158 Å². The average Bonchev–Trinajstić information content (AvgIpc) is 3.35. The number of aliphatic hydroxyl groups is 1. The summed E-state index contributed by atoms with van der Waals surface area (Å²) in [5.41, 5.74) is 2.13. The number of ether oxygens (including phenoxy) is 3. The Morgan fingerprint density at radius 1 is 1.15 bits per heavy atom. The molecule has 0 bridgehead atoms. The smallest absolute Gasteiger partial charge is 0.260 e. The SMILES string of the molecule is O=C(COc1ccc2c(c1)OCO2)N1CC[C@H](Cc2cccc(CO)c2)C1. The number of carbonyl (C=O) groups is 1. The van der Waals surface area contributed by atoms with Gasteiger partial charge in [0.2, 0.25) is 6.79 Å². The predicted octanol–water partition coefficient (Wildman–Crippen LogP) is 2.38. The third-order valence-electron chi connectivity index (χ3n) is 5.04. The lowest BCUT2D eigenvalue weighted by atomic mass is 9.97. The molecular weight excluding hydrogens is 346 g/mol. The van der Waals surface area contributed by atoms with Crippen molar-refractivity contribution in [3.8, 4) is 17.2 Å². The van der Waals surface area contributed by atoms with E-state index in [0.717, 1.165) is 31.5 Å². The van der Waals surface area contributed by atoms with Crippen molar-refractivity contribution >= 4 is 5.91 Å². The van der Waals surface area contributed by atoms with Gasteiger partial charge in [-0.3, -0.25) is 4.79 Å². The van der Waals surface area contributed by atoms with Crippen LogP contribution in [0.4, 0.5) is 0 Å². The maximum absolute atomic E-state index is 12.5. The van der Waals surface area contributed by atoms with Gasteiger partial charge in [0.1, 0.15) is 5.75 Å². The van der Waals surface area contributed by atoms with Crippen LogP contribution in [-0.4, -0.2) is 42.4 Å². The van der Waals surface area contributed by atoms with Crippen molar-refractivity contribution in [1.82, 2.24) is 4.90 Å². The Bertz CT molecular complexity index is 822. The van der Waals surface area contributed by atoms with Gasteiger partial charge in [-0.25, -0.2) is 0 Å². The molecule has 0 unspecified atom stereocenters. The molecule has 4 rings (SSSR count). The fraction of sp³-hybridized carbons (Fsp3) is 0.381. The van der Waals surface area contributed by atoms with E-state index in [1.807, 2.05) is 23.1 Å². The lowest BCUT2D eigenvalue weighted by Gasteiger charge is -2.17. The summed E-state index contributed by atoms with van der Waals surface area (Å²) in [7, 11) is 0. The molecular formula is C21H23NO5. The summed E-state index contributed by atoms with van der Waals surface area (Å²) in [6, 6.07) is 13.3. The second-order valence-electron chi connectivity index (χ2n) is 6.98. The van der Waals surface area contributed by atoms with Crippen molar-refractivity contribution in [2.45, 2.75) is 19.4 Å². The highest BCUT2D eigenvalue weighted by Crippen LogP contribution is 2.35. The summed E-state index contributed by atoms with van der Waals surface area (Å²) in [5.74, 6) is 2.38. The Morgan fingerprint density at radius 2 is 2.00 bits per heavy atom. The van der Waals surface area contributed by atoms with Gasteiger partial charge in [0.05, 0.1) is 6.61 Å². The normalized spacial score (nSPS) is 18.0. The number of benzene rings is 2. The maximum Gasteiger partial charge on any atom is 0.260 e. The second-order valence-corrected chi connectivity index (χ2v) is 6.98. The first-order chi connectivity index (χ1) is 13.2. The molecule has 27 heavy (non-hydrogen) atoms. The van der Waals surface area contributed by atoms with E-state index in [0.29, 0.717) is 23.2 Å². The highest BCUT2D eigenvalue weighted by Gasteiger charge is 2.26. The molecule has 0 aliphatic carbocycles. The fourth-order valence-corrected chi connectivity index (χ4v) is 3.62. The van der Waals surface area contributed by atoms with Crippen LogP contribution in [0.2, 0.25) is 0 Å². The summed E-state index contributed by atoms with van der Waals surface area (Å²) in [5, 5.41) is 9.26. The summed E-state index contributed by atoms with van der Waals surface area (Å²) in [6.45, 7) is 1.79. The van der Waals surface area contributed by atoms with Crippen LogP contribution in [0.3, 0.4) is 0 Å². The first-order valence-corrected chi connectivity index (χ1v) is 9.20. The molecule has 1 atom stereocenters. The molecule has 142 valence electrons. The zero-order valence-corrected chi connectivity index (χ0v) is 15.1. The molecule has 1 fully saturated rings. The van der Waals surface area contributed by atoms with E-state index in [4.69, 9.17) is 14.2 Å². The number of carbonyl (C=O) groups excluding carboxylic acids is 1. The van der Waals surface area contributed by atoms with Gasteiger partial charge in [-0.2, -0.15) is 0 Å². The van der Waals surface area contributed by atoms with Crippen molar-refractivity contribution < 1.29 is 24.1 Å². The van der Waals surface area contributed by atoms with Crippen LogP contribution in [0.25, 0.3) is 0 Å². The highest BCUT2D eigenvalue weighted by atomic mass is 16.7. The summed E-state index contributed by atoms with van der Waals surface area (Å²) >= 11 is 0. The van der Waals surface area contributed by atoms with Crippen molar-refractivity contribution in [3.63, 3.8) is 0 Å². The first kappa shape index (κ1) is 17.7. The molecule has 0 saturated carbocycles. The minimum Gasteiger partial charge on any atom is -0.484 e. The van der Waals surface area contributed by atoms with Crippen LogP contribution in [0.15, 0.2) is 42.5 Å². The van der Waals surface area contributed by atoms with Crippen LogP contribution in [0, 0.1) is 5.92 Å². The topological polar surface area (TPSA) is 68.2 Å². The number of nitrogens with zero attached hydrogens (tertiary/aromatic N) is 1. The Morgan fingerprint density at radius 3 is 2.89 bits per heavy atom. The summed E-state index contributed by atoms with van der Waals surface area (Å²) in [4.78, 5) is 14.3. The molecule has 1 N–H and O–H groups in total. The van der Waals surface area contributed by atoms with Crippen LogP contribution in [-0.2, 0) is 17.8 Å². The van der Waals surface area contributed by atoms with Crippen molar-refractivity contribution in [1.29, 1.82) is 0 Å². The van der Waals surface area contributed by atoms with E-state index in [1.54, 1.807) is 18.2 Å². The number of aliphatic hydroxyl groups excluding tert-OH is 1. The number of hydrogen-bond donors (Lipinski definition) is 1. The molecule has 6 heteroatoms. The number of rotatable bonds is 6. The third kappa shape index (κ3) is 4.17. The monoisotopic (exact) mass is 369 g/mol. The van der Waals surface area contributed by atoms with E-state index in [9.17, 15) is 9.90 Å². The molecule has 2 aromatic rings. The largest absolute Gasteiger partial charge is 0.484 e. The van der Waals surface area contributed by atoms with E-state index >= 15 is 0 Å². The molecule has 2 aromatic carbocycles. The van der Waals surface area contributed by atoms with Gasteiger partial charge in [-0.15, -0.1) is 0 Å². The number of hydrogen-bond acceptors (Lipinski definition) is 5. The number of fused-ring (bicyclic) bond motifs is 1. The Kier molecular flexibility index (Phi) is 5.16. The Balaban J connectivity index is 1.27. The lowest BCUT2D eigenvalue weighted by Crippen LogP contribution is -2.33. The van der Waals surface area contributed by atoms with Crippen LogP contribution in [0.1, 0.15) is 17.5 Å². The molecule has 2 heterocycles. The number of amides is 1. The standard InChI is InChI=1S/C21H23NO5/c23-12-17-3-1-2-15(9-17)8-16-6-7-22(11-16)21(24)13-25-18-4-5-19-20(10-18)27-14-26-19/h1-5,9-10,16,23H,6-8,11-14H2/t16-/m1/s1. The van der Waals surface area contributed by atoms with Gasteiger partial charge in [-0.05, 0) is 42.0 Å². The quantitative estimate of drug-likeness (QED) is 0.847. The third-order valence-corrected chi connectivity index (χ3v) is 5.04. The first-order valence-electron chi connectivity index (χ1n) is 9.20. The maximum atomic E-state index is 12.5. The van der Waals surface area contributed by atoms with Crippen molar-refractivity contribution in [3.05, 3.63) is 53.6 Å². The summed E-state index contributed by atoms with van der Waals surface area (Å²) in [6.07, 6.45) is 1.90. The molecule has 1 amide bonds. The average molecular weight is 369 g/mol. The van der Waals surface area contributed by atoms with Gasteiger partial charge in [0.15, 0.2) is 18.1 Å². The number of likely N-dealkylation sites (tertiary alicyclic amines) is 1. The van der Waals surface area contributed by atoms with Gasteiger partial charge in [0, 0.05) is 19.2 Å². The molecule has 2 aliphatic heterocycles. The van der Waals surface area contributed by atoms with Gasteiger partial charge >= 0.3 is 0 Å². The summed E-state index contributed by atoms with van der Waals surface area (Å²) < 4.78 is 16.2. The van der Waals surface area contributed by atoms with E-state index < -0.39 is 0 Å². The van der Waals surface area contributed by atoms with E-state index in [2.05, 4.69) is 6.07 Å². The highest BCUT2D eigenvalue weighted by molar-refractivity contribution is 5.78. The van der Waals surface area contributed by atoms with Crippen molar-refractivity contribution in [2.24, 2.45) is 5.92 Å². The zero-order chi connectivity index (χ0) is 18.6. The van der Waals surface area contributed by atoms with Crippen LogP contribution >= 0.6 is 0 Å².